The minimum atomic E-state index is -0.450. The molecular formula is C12H19N5O2. The number of nitrogens with zero attached hydrogens (tertiary/aromatic N) is 3. The smallest absolute Gasteiger partial charge is 0.329 e. The number of hydrogen-bond donors (Lipinski definition) is 2. The van der Waals surface area contributed by atoms with Crippen LogP contribution in [0.5, 0.6) is 0 Å². The van der Waals surface area contributed by atoms with E-state index >= 15 is 0 Å². The molecule has 0 saturated carbocycles. The van der Waals surface area contributed by atoms with E-state index in [0.717, 1.165) is 6.42 Å². The molecular weight excluding hydrogens is 246 g/mol. The Morgan fingerprint density at radius 3 is 2.63 bits per heavy atom. The summed E-state index contributed by atoms with van der Waals surface area (Å²) in [7, 11) is 3.35. The van der Waals surface area contributed by atoms with Gasteiger partial charge in [0.05, 0.1) is 0 Å². The zero-order chi connectivity index (χ0) is 14.2. The molecule has 0 fully saturated rings. The van der Waals surface area contributed by atoms with E-state index in [1.54, 1.807) is 14.1 Å². The van der Waals surface area contributed by atoms with Crippen LogP contribution in [0.1, 0.15) is 20.3 Å². The number of aromatic nitrogens is 4. The zero-order valence-electron chi connectivity index (χ0n) is 11.6. The Hall–Kier alpha value is -2.05. The molecule has 0 aliphatic carbocycles. The van der Waals surface area contributed by atoms with Gasteiger partial charge in [0.1, 0.15) is 0 Å². The summed E-state index contributed by atoms with van der Waals surface area (Å²) < 4.78 is 3.18. The Balaban J connectivity index is 2.70. The SMILES string of the molecule is CNc1nc2c(c(=O)[nH]c(=O)n2C)n1CCC(C)C. The lowest BCUT2D eigenvalue weighted by atomic mass is 10.1. The minimum absolute atomic E-state index is 0.393. The Labute approximate surface area is 110 Å². The first-order valence-electron chi connectivity index (χ1n) is 6.33. The number of nitrogens with one attached hydrogen (secondary N) is 2. The number of H-pyrrole nitrogens is 1. The fourth-order valence-corrected chi connectivity index (χ4v) is 2.03. The second-order valence-electron chi connectivity index (χ2n) is 5.01. The van der Waals surface area contributed by atoms with Crippen LogP contribution >= 0.6 is 0 Å². The first-order chi connectivity index (χ1) is 8.95. The largest absolute Gasteiger partial charge is 0.359 e. The zero-order valence-corrected chi connectivity index (χ0v) is 11.6. The molecule has 104 valence electrons. The molecule has 19 heavy (non-hydrogen) atoms. The van der Waals surface area contributed by atoms with Crippen LogP contribution in [0, 0.1) is 5.92 Å². The lowest BCUT2D eigenvalue weighted by molar-refractivity contribution is 0.525. The van der Waals surface area contributed by atoms with Gasteiger partial charge >= 0.3 is 5.69 Å². The number of anilines is 1. The average Bonchev–Trinajstić information content (AvgIpc) is 2.72. The van der Waals surface area contributed by atoms with Gasteiger partial charge in [-0.15, -0.1) is 0 Å². The van der Waals surface area contributed by atoms with Crippen molar-refractivity contribution >= 4 is 17.1 Å². The van der Waals surface area contributed by atoms with Crippen molar-refractivity contribution < 1.29 is 0 Å². The maximum absolute atomic E-state index is 12.0. The van der Waals surface area contributed by atoms with E-state index in [1.165, 1.54) is 4.57 Å². The molecule has 0 aliphatic rings. The molecule has 2 N–H and O–H groups in total. The van der Waals surface area contributed by atoms with Crippen LogP contribution < -0.4 is 16.6 Å². The van der Waals surface area contributed by atoms with Gasteiger partial charge in [-0.05, 0) is 12.3 Å². The van der Waals surface area contributed by atoms with Gasteiger partial charge in [-0.1, -0.05) is 13.8 Å². The summed E-state index contributed by atoms with van der Waals surface area (Å²) in [5.74, 6) is 1.12. The highest BCUT2D eigenvalue weighted by Crippen LogP contribution is 2.16. The molecule has 0 bridgehead atoms. The number of aryl methyl sites for hydroxylation is 2. The molecule has 0 aliphatic heterocycles. The molecule has 0 radical (unpaired) electrons. The third-order valence-corrected chi connectivity index (χ3v) is 3.16. The summed E-state index contributed by atoms with van der Waals surface area (Å²) in [5, 5.41) is 2.97. The average molecular weight is 265 g/mol. The van der Waals surface area contributed by atoms with E-state index in [4.69, 9.17) is 0 Å². The molecule has 0 atom stereocenters. The normalized spacial score (nSPS) is 11.4. The minimum Gasteiger partial charge on any atom is -0.359 e. The van der Waals surface area contributed by atoms with Gasteiger partial charge in [0.15, 0.2) is 11.2 Å². The molecule has 2 aromatic heterocycles. The second-order valence-corrected chi connectivity index (χ2v) is 5.01. The van der Waals surface area contributed by atoms with E-state index in [1.807, 2.05) is 4.57 Å². The number of fused-ring (bicyclic) bond motifs is 1. The number of hydrogen-bond acceptors (Lipinski definition) is 4. The van der Waals surface area contributed by atoms with Gasteiger partial charge in [-0.2, -0.15) is 4.98 Å². The van der Waals surface area contributed by atoms with Crippen LogP contribution in [0.3, 0.4) is 0 Å². The predicted molar refractivity (Wildman–Crippen MR) is 74.6 cm³/mol. The molecule has 2 rings (SSSR count). The fourth-order valence-electron chi connectivity index (χ4n) is 2.03. The van der Waals surface area contributed by atoms with E-state index in [-0.39, 0.29) is 0 Å². The first-order valence-corrected chi connectivity index (χ1v) is 6.33. The van der Waals surface area contributed by atoms with Crippen molar-refractivity contribution in [3.63, 3.8) is 0 Å². The quantitative estimate of drug-likeness (QED) is 0.843. The third-order valence-electron chi connectivity index (χ3n) is 3.16. The van der Waals surface area contributed by atoms with E-state index in [2.05, 4.69) is 29.1 Å². The van der Waals surface area contributed by atoms with Crippen molar-refractivity contribution in [2.75, 3.05) is 12.4 Å². The van der Waals surface area contributed by atoms with E-state index in [9.17, 15) is 9.59 Å². The van der Waals surface area contributed by atoms with Gasteiger partial charge in [0.25, 0.3) is 5.56 Å². The van der Waals surface area contributed by atoms with Crippen molar-refractivity contribution in [1.82, 2.24) is 19.1 Å². The fraction of sp³-hybridized carbons (Fsp3) is 0.583. The van der Waals surface area contributed by atoms with Crippen LogP contribution in [0.4, 0.5) is 5.95 Å². The van der Waals surface area contributed by atoms with Crippen LogP contribution in [0.15, 0.2) is 9.59 Å². The molecule has 0 unspecified atom stereocenters. The summed E-state index contributed by atoms with van der Waals surface area (Å²) in [6.07, 6.45) is 0.933. The van der Waals surface area contributed by atoms with E-state index in [0.29, 0.717) is 29.6 Å². The Morgan fingerprint density at radius 1 is 1.37 bits per heavy atom. The van der Waals surface area contributed by atoms with E-state index < -0.39 is 11.2 Å². The molecule has 7 nitrogen and oxygen atoms in total. The maximum atomic E-state index is 12.0. The highest BCUT2D eigenvalue weighted by Gasteiger charge is 2.16. The van der Waals surface area contributed by atoms with Crippen LogP contribution in [-0.2, 0) is 13.6 Å². The van der Waals surface area contributed by atoms with Crippen LogP contribution in [-0.4, -0.2) is 26.1 Å². The number of imidazole rings is 1. The monoisotopic (exact) mass is 265 g/mol. The van der Waals surface area contributed by atoms with Gasteiger partial charge in [0.2, 0.25) is 5.95 Å². The summed E-state index contributed by atoms with van der Waals surface area (Å²) >= 11 is 0. The van der Waals surface area contributed by atoms with Gasteiger partial charge in [-0.3, -0.25) is 14.3 Å². The van der Waals surface area contributed by atoms with Gasteiger partial charge in [-0.25, -0.2) is 4.79 Å². The molecule has 0 spiro atoms. The lowest BCUT2D eigenvalue weighted by Crippen LogP contribution is -2.29. The molecule has 2 aromatic rings. The van der Waals surface area contributed by atoms with Gasteiger partial charge < -0.3 is 9.88 Å². The van der Waals surface area contributed by atoms with Crippen molar-refractivity contribution in [1.29, 1.82) is 0 Å². The molecule has 7 heteroatoms. The molecule has 0 amide bonds. The topological polar surface area (TPSA) is 84.7 Å². The highest BCUT2D eigenvalue weighted by molar-refractivity contribution is 5.74. The number of aromatic amines is 1. The summed E-state index contributed by atoms with van der Waals surface area (Å²) in [6.45, 7) is 4.93. The maximum Gasteiger partial charge on any atom is 0.329 e. The van der Waals surface area contributed by atoms with Gasteiger partial charge in [0, 0.05) is 20.6 Å². The first kappa shape index (κ1) is 13.4. The Morgan fingerprint density at radius 2 is 2.05 bits per heavy atom. The molecule has 0 aromatic carbocycles. The Kier molecular flexibility index (Phi) is 3.46. The number of rotatable bonds is 4. The van der Waals surface area contributed by atoms with Crippen molar-refractivity contribution in [2.45, 2.75) is 26.8 Å². The predicted octanol–water partition coefficient (Wildman–Crippen LogP) is 0.511. The van der Waals surface area contributed by atoms with Crippen molar-refractivity contribution in [3.05, 3.63) is 20.8 Å². The Bertz CT molecular complexity index is 707. The molecule has 0 saturated heterocycles. The third kappa shape index (κ3) is 2.27. The highest BCUT2D eigenvalue weighted by atomic mass is 16.2. The van der Waals surface area contributed by atoms with Crippen LogP contribution in [0.2, 0.25) is 0 Å². The van der Waals surface area contributed by atoms with Crippen molar-refractivity contribution in [3.8, 4) is 0 Å². The summed E-state index contributed by atoms with van der Waals surface area (Å²) in [6, 6.07) is 0. The van der Waals surface area contributed by atoms with Crippen LogP contribution in [0.25, 0.3) is 11.2 Å². The lowest BCUT2D eigenvalue weighted by Gasteiger charge is -2.09. The summed E-state index contributed by atoms with van der Waals surface area (Å²) in [4.78, 5) is 30.2. The van der Waals surface area contributed by atoms with Crippen molar-refractivity contribution in [2.24, 2.45) is 13.0 Å². The summed E-state index contributed by atoms with van der Waals surface area (Å²) in [5.41, 5.74) is -0.00141. The second kappa shape index (κ2) is 4.91. The molecule has 2 heterocycles. The standard InChI is InChI=1S/C12H19N5O2/c1-7(2)5-6-17-8-9(14-11(17)13-3)16(4)12(19)15-10(8)18/h7H,5-6H2,1-4H3,(H,13,14)(H,15,18,19).